The molecule has 2 aromatic carbocycles. The average molecular weight is 446 g/mol. The molecule has 1 aliphatic heterocycles. The number of aromatic nitrogens is 1. The van der Waals surface area contributed by atoms with Gasteiger partial charge < -0.3 is 19.6 Å². The summed E-state index contributed by atoms with van der Waals surface area (Å²) < 4.78 is 5.27. The summed E-state index contributed by atoms with van der Waals surface area (Å²) in [5, 5.41) is 13.1. The van der Waals surface area contributed by atoms with Crippen molar-refractivity contribution in [3.05, 3.63) is 77.6 Å². The summed E-state index contributed by atoms with van der Waals surface area (Å²) in [4.78, 5) is 33.7. The Balaban J connectivity index is 1.79. The van der Waals surface area contributed by atoms with Crippen LogP contribution in [0.2, 0.25) is 0 Å². The van der Waals surface area contributed by atoms with Gasteiger partial charge in [-0.1, -0.05) is 18.2 Å². The number of hydrogen-bond acceptors (Lipinski definition) is 6. The average Bonchev–Trinajstić information content (AvgIpc) is 3.08. The zero-order chi connectivity index (χ0) is 23.5. The number of Topliss-reactive ketones (excluding diaryl/α,β-unsaturated/α-hetero) is 1. The Kier molecular flexibility index (Phi) is 6.42. The van der Waals surface area contributed by atoms with Gasteiger partial charge in [0.05, 0.1) is 18.7 Å². The largest absolute Gasteiger partial charge is 0.507 e. The van der Waals surface area contributed by atoms with Gasteiger partial charge >= 0.3 is 0 Å². The molecule has 1 aromatic heterocycles. The minimum Gasteiger partial charge on any atom is -0.507 e. The van der Waals surface area contributed by atoms with E-state index in [0.717, 1.165) is 28.6 Å². The fraction of sp³-hybridized carbons (Fsp3) is 0.269. The Labute approximate surface area is 192 Å². The molecule has 0 spiro atoms. The molecule has 0 bridgehead atoms. The highest BCUT2D eigenvalue weighted by molar-refractivity contribution is 6.46. The molecule has 7 heteroatoms. The predicted molar refractivity (Wildman–Crippen MR) is 127 cm³/mol. The highest BCUT2D eigenvalue weighted by atomic mass is 16.5. The van der Waals surface area contributed by atoms with Gasteiger partial charge in [0.15, 0.2) is 0 Å². The van der Waals surface area contributed by atoms with Crippen molar-refractivity contribution >= 4 is 28.2 Å². The number of aliphatic hydroxyl groups is 1. The van der Waals surface area contributed by atoms with Crippen LogP contribution in [0.4, 0.5) is 0 Å². The Bertz CT molecular complexity index is 1220. The number of likely N-dealkylation sites (tertiary alicyclic amines) is 1. The van der Waals surface area contributed by atoms with Crippen molar-refractivity contribution in [2.75, 3.05) is 34.3 Å². The number of hydrogen-bond donors (Lipinski definition) is 1. The second-order valence-electron chi connectivity index (χ2n) is 8.36. The van der Waals surface area contributed by atoms with Crippen LogP contribution < -0.4 is 4.74 Å². The number of ether oxygens (including phenoxy) is 1. The molecule has 1 aliphatic rings. The van der Waals surface area contributed by atoms with E-state index < -0.39 is 17.7 Å². The molecule has 2 heterocycles. The third-order valence-corrected chi connectivity index (χ3v) is 5.89. The lowest BCUT2D eigenvalue weighted by molar-refractivity contribution is -0.139. The number of carbonyl (C=O) groups is 2. The van der Waals surface area contributed by atoms with Crippen LogP contribution in [0.25, 0.3) is 16.5 Å². The van der Waals surface area contributed by atoms with E-state index in [4.69, 9.17) is 4.74 Å². The minimum absolute atomic E-state index is 0.101. The highest BCUT2D eigenvalue weighted by Gasteiger charge is 2.45. The van der Waals surface area contributed by atoms with Gasteiger partial charge in [-0.3, -0.25) is 14.6 Å². The monoisotopic (exact) mass is 445 g/mol. The first kappa shape index (κ1) is 22.5. The van der Waals surface area contributed by atoms with E-state index in [9.17, 15) is 14.7 Å². The van der Waals surface area contributed by atoms with Gasteiger partial charge in [-0.15, -0.1) is 0 Å². The first-order valence-corrected chi connectivity index (χ1v) is 10.8. The number of rotatable bonds is 7. The van der Waals surface area contributed by atoms with Crippen molar-refractivity contribution in [3.63, 3.8) is 0 Å². The number of benzene rings is 2. The third-order valence-electron chi connectivity index (χ3n) is 5.89. The summed E-state index contributed by atoms with van der Waals surface area (Å²) >= 11 is 0. The summed E-state index contributed by atoms with van der Waals surface area (Å²) in [6, 6.07) is 13.9. The Morgan fingerprint density at radius 3 is 2.45 bits per heavy atom. The molecule has 1 saturated heterocycles. The lowest BCUT2D eigenvalue weighted by Crippen LogP contribution is -2.32. The summed E-state index contributed by atoms with van der Waals surface area (Å²) in [6.07, 6.45) is 3.96. The molecular formula is C26H27N3O4. The smallest absolute Gasteiger partial charge is 0.295 e. The molecule has 4 rings (SSSR count). The predicted octanol–water partition coefficient (Wildman–Crippen LogP) is 3.62. The number of fused-ring (bicyclic) bond motifs is 1. The lowest BCUT2D eigenvalue weighted by atomic mass is 9.95. The van der Waals surface area contributed by atoms with Crippen LogP contribution in [0.15, 0.2) is 66.5 Å². The van der Waals surface area contributed by atoms with Gasteiger partial charge in [0.2, 0.25) is 0 Å². The first-order chi connectivity index (χ1) is 15.9. The molecule has 1 fully saturated rings. The summed E-state index contributed by atoms with van der Waals surface area (Å²) in [5.74, 6) is -0.708. The maximum atomic E-state index is 13.1. The van der Waals surface area contributed by atoms with E-state index in [1.807, 2.05) is 49.3 Å². The number of pyridine rings is 1. The summed E-state index contributed by atoms with van der Waals surface area (Å²) in [6.45, 7) is 1.18. The number of nitrogens with zero attached hydrogens (tertiary/aromatic N) is 3. The zero-order valence-corrected chi connectivity index (χ0v) is 19.0. The van der Waals surface area contributed by atoms with E-state index in [1.165, 1.54) is 0 Å². The Hall–Kier alpha value is -3.71. The van der Waals surface area contributed by atoms with Crippen LogP contribution in [0.5, 0.6) is 5.75 Å². The van der Waals surface area contributed by atoms with E-state index in [0.29, 0.717) is 18.5 Å². The van der Waals surface area contributed by atoms with Crippen LogP contribution in [-0.2, 0) is 9.59 Å². The molecule has 0 aliphatic carbocycles. The van der Waals surface area contributed by atoms with Crippen LogP contribution >= 0.6 is 0 Å². The fourth-order valence-corrected chi connectivity index (χ4v) is 4.21. The quantitative estimate of drug-likeness (QED) is 0.340. The Morgan fingerprint density at radius 2 is 1.76 bits per heavy atom. The standard InChI is InChI=1S/C26H27N3O4/c1-28(2)13-4-14-29-23(17-9-11-27-12-10-17)22(25(31)26(29)32)24(30)20-6-5-19-16-21(33-3)8-7-18(19)15-20/h5-12,15-16,23,30H,4,13-14H2,1-3H3/b24-22+. The van der Waals surface area contributed by atoms with Gasteiger partial charge in [-0.05, 0) is 73.7 Å². The van der Waals surface area contributed by atoms with E-state index in [2.05, 4.69) is 4.98 Å². The molecule has 0 radical (unpaired) electrons. The van der Waals surface area contributed by atoms with Gasteiger partial charge in [0, 0.05) is 24.5 Å². The fourth-order valence-electron chi connectivity index (χ4n) is 4.21. The van der Waals surface area contributed by atoms with Gasteiger partial charge in [0.1, 0.15) is 11.5 Å². The number of carbonyl (C=O) groups excluding carboxylic acids is 2. The van der Waals surface area contributed by atoms with Crippen molar-refractivity contribution in [2.24, 2.45) is 0 Å². The number of ketones is 1. The number of amides is 1. The van der Waals surface area contributed by atoms with Crippen molar-refractivity contribution < 1.29 is 19.4 Å². The van der Waals surface area contributed by atoms with Gasteiger partial charge in [-0.2, -0.15) is 0 Å². The van der Waals surface area contributed by atoms with E-state index in [1.54, 1.807) is 42.6 Å². The van der Waals surface area contributed by atoms with Crippen LogP contribution in [0, 0.1) is 0 Å². The summed E-state index contributed by atoms with van der Waals surface area (Å²) in [5.41, 5.74) is 1.32. The van der Waals surface area contributed by atoms with Crippen LogP contribution in [-0.4, -0.2) is 65.9 Å². The lowest BCUT2D eigenvalue weighted by Gasteiger charge is -2.25. The normalized spacial score (nSPS) is 17.8. The molecule has 33 heavy (non-hydrogen) atoms. The Morgan fingerprint density at radius 1 is 1.06 bits per heavy atom. The van der Waals surface area contributed by atoms with Crippen molar-refractivity contribution in [1.82, 2.24) is 14.8 Å². The molecule has 0 saturated carbocycles. The maximum absolute atomic E-state index is 13.1. The highest BCUT2D eigenvalue weighted by Crippen LogP contribution is 2.39. The van der Waals surface area contributed by atoms with Crippen LogP contribution in [0.3, 0.4) is 0 Å². The van der Waals surface area contributed by atoms with Crippen molar-refractivity contribution in [3.8, 4) is 5.75 Å². The van der Waals surface area contributed by atoms with Crippen LogP contribution in [0.1, 0.15) is 23.6 Å². The SMILES string of the molecule is COc1ccc2cc(/C(O)=C3\C(=O)C(=O)N(CCCN(C)C)C3c3ccncc3)ccc2c1. The second-order valence-corrected chi connectivity index (χ2v) is 8.36. The molecule has 170 valence electrons. The van der Waals surface area contributed by atoms with Gasteiger partial charge in [0.25, 0.3) is 11.7 Å². The second kappa shape index (κ2) is 9.42. The molecule has 7 nitrogen and oxygen atoms in total. The molecule has 3 aromatic rings. The van der Waals surface area contributed by atoms with Crippen molar-refractivity contribution in [2.45, 2.75) is 12.5 Å². The molecule has 1 N–H and O–H groups in total. The molecule has 1 unspecified atom stereocenters. The van der Waals surface area contributed by atoms with E-state index in [-0.39, 0.29) is 11.3 Å². The molecule has 1 amide bonds. The van der Waals surface area contributed by atoms with Crippen molar-refractivity contribution in [1.29, 1.82) is 0 Å². The third kappa shape index (κ3) is 4.45. The summed E-state index contributed by atoms with van der Waals surface area (Å²) in [7, 11) is 5.53. The topological polar surface area (TPSA) is 83.0 Å². The maximum Gasteiger partial charge on any atom is 0.295 e. The molecular weight excluding hydrogens is 418 g/mol. The van der Waals surface area contributed by atoms with Gasteiger partial charge in [-0.25, -0.2) is 0 Å². The number of methoxy groups -OCH3 is 1. The minimum atomic E-state index is -0.672. The number of aliphatic hydroxyl groups excluding tert-OH is 1. The molecule has 1 atom stereocenters. The van der Waals surface area contributed by atoms with E-state index >= 15 is 0 Å². The first-order valence-electron chi connectivity index (χ1n) is 10.8. The zero-order valence-electron chi connectivity index (χ0n) is 19.0.